The van der Waals surface area contributed by atoms with Crippen molar-refractivity contribution in [3.05, 3.63) is 0 Å². The quantitative estimate of drug-likeness (QED) is 0.514. The van der Waals surface area contributed by atoms with Crippen LogP contribution in [-0.4, -0.2) is 31.9 Å². The summed E-state index contributed by atoms with van der Waals surface area (Å²) in [5.41, 5.74) is 0. The Morgan fingerprint density at radius 3 is 1.93 bits per heavy atom. The van der Waals surface area contributed by atoms with Gasteiger partial charge in [0, 0.05) is 6.16 Å². The Balaban J connectivity index is 3.71. The monoisotopic (exact) mass is 246 g/mol. The fourth-order valence-corrected chi connectivity index (χ4v) is 2.73. The van der Waals surface area contributed by atoms with Gasteiger partial charge < -0.3 is 19.6 Å². The first-order chi connectivity index (χ1) is 6.10. The predicted octanol–water partition coefficient (Wildman–Crippen LogP) is 0.758. The van der Waals surface area contributed by atoms with Gasteiger partial charge in [0.15, 0.2) is 0 Å². The highest BCUT2D eigenvalue weighted by atomic mass is 31.2. The van der Waals surface area contributed by atoms with Gasteiger partial charge in [-0.05, 0) is 18.8 Å². The average Bonchev–Trinajstić information content (AvgIpc) is 1.78. The molecular formula is C6H16O6P2. The summed E-state index contributed by atoms with van der Waals surface area (Å²) < 4.78 is 21.0. The third-order valence-electron chi connectivity index (χ3n) is 1.70. The van der Waals surface area contributed by atoms with Gasteiger partial charge in [-0.1, -0.05) is 6.92 Å². The second-order valence-electron chi connectivity index (χ2n) is 3.48. The maximum absolute atomic E-state index is 10.5. The van der Waals surface area contributed by atoms with Crippen molar-refractivity contribution < 1.29 is 28.7 Å². The minimum Gasteiger partial charge on any atom is -0.324 e. The van der Waals surface area contributed by atoms with Crippen LogP contribution in [0, 0.1) is 5.92 Å². The van der Waals surface area contributed by atoms with Gasteiger partial charge >= 0.3 is 15.2 Å². The molecule has 0 heterocycles. The lowest BCUT2D eigenvalue weighted by molar-refractivity contribution is 0.359. The molecule has 0 radical (unpaired) electrons. The van der Waals surface area contributed by atoms with Crippen molar-refractivity contribution in [2.24, 2.45) is 5.92 Å². The first-order valence-corrected chi connectivity index (χ1v) is 7.79. The van der Waals surface area contributed by atoms with Crippen molar-refractivity contribution in [3.8, 4) is 0 Å². The van der Waals surface area contributed by atoms with Gasteiger partial charge in [0.1, 0.15) is 0 Å². The van der Waals surface area contributed by atoms with Crippen LogP contribution in [0.1, 0.15) is 19.8 Å². The molecule has 0 saturated heterocycles. The van der Waals surface area contributed by atoms with Crippen molar-refractivity contribution in [3.63, 3.8) is 0 Å². The fourth-order valence-electron chi connectivity index (χ4n) is 1.14. The van der Waals surface area contributed by atoms with E-state index in [2.05, 4.69) is 0 Å². The second-order valence-corrected chi connectivity index (χ2v) is 6.95. The lowest BCUT2D eigenvalue weighted by atomic mass is 10.1. The van der Waals surface area contributed by atoms with E-state index >= 15 is 0 Å². The second kappa shape index (κ2) is 5.40. The first-order valence-electron chi connectivity index (χ1n) is 4.19. The van der Waals surface area contributed by atoms with Crippen LogP contribution in [0.4, 0.5) is 0 Å². The molecule has 4 N–H and O–H groups in total. The Labute approximate surface area is 82.7 Å². The summed E-state index contributed by atoms with van der Waals surface area (Å²) in [6.45, 7) is 1.65. The topological polar surface area (TPSA) is 115 Å². The molecule has 0 aromatic rings. The molecule has 0 saturated carbocycles. The van der Waals surface area contributed by atoms with Gasteiger partial charge in [-0.2, -0.15) is 0 Å². The Bertz CT molecular complexity index is 253. The number of hydrogen-bond acceptors (Lipinski definition) is 2. The zero-order valence-electron chi connectivity index (χ0n) is 7.91. The molecule has 0 aromatic carbocycles. The fraction of sp³-hybridized carbons (Fsp3) is 1.00. The minimum absolute atomic E-state index is 0.220. The maximum atomic E-state index is 10.5. The van der Waals surface area contributed by atoms with E-state index in [0.717, 1.165) is 0 Å². The largest absolute Gasteiger partial charge is 0.325 e. The molecule has 6 nitrogen and oxygen atoms in total. The van der Waals surface area contributed by atoms with Crippen LogP contribution in [0.25, 0.3) is 0 Å². The van der Waals surface area contributed by atoms with E-state index in [0.29, 0.717) is 6.42 Å². The summed E-state index contributed by atoms with van der Waals surface area (Å²) in [6.07, 6.45) is 0.244. The van der Waals surface area contributed by atoms with Gasteiger partial charge in [-0.15, -0.1) is 0 Å². The summed E-state index contributed by atoms with van der Waals surface area (Å²) in [6, 6.07) is 0. The average molecular weight is 246 g/mol. The van der Waals surface area contributed by atoms with Crippen molar-refractivity contribution in [1.29, 1.82) is 0 Å². The summed E-state index contributed by atoms with van der Waals surface area (Å²) in [5.74, 6) is -0.220. The van der Waals surface area contributed by atoms with Crippen molar-refractivity contribution in [2.75, 3.05) is 12.3 Å². The Morgan fingerprint density at radius 2 is 1.57 bits per heavy atom. The molecular weight excluding hydrogens is 230 g/mol. The van der Waals surface area contributed by atoms with Crippen molar-refractivity contribution >= 4 is 15.2 Å². The van der Waals surface area contributed by atoms with Gasteiger partial charge in [-0.3, -0.25) is 9.13 Å². The summed E-state index contributed by atoms with van der Waals surface area (Å²) in [5, 5.41) is 0. The molecule has 14 heavy (non-hydrogen) atoms. The van der Waals surface area contributed by atoms with Crippen LogP contribution in [0.3, 0.4) is 0 Å². The smallest absolute Gasteiger partial charge is 0.324 e. The molecule has 0 spiro atoms. The summed E-state index contributed by atoms with van der Waals surface area (Å²) in [4.78, 5) is 34.3. The normalized spacial score (nSPS) is 15.5. The van der Waals surface area contributed by atoms with Crippen LogP contribution < -0.4 is 0 Å². The van der Waals surface area contributed by atoms with E-state index in [4.69, 9.17) is 19.6 Å². The molecule has 1 atom stereocenters. The van der Waals surface area contributed by atoms with E-state index in [1.165, 1.54) is 0 Å². The summed E-state index contributed by atoms with van der Waals surface area (Å²) in [7, 11) is -7.96. The number of rotatable bonds is 6. The summed E-state index contributed by atoms with van der Waals surface area (Å²) >= 11 is 0. The van der Waals surface area contributed by atoms with E-state index < -0.39 is 15.2 Å². The lowest BCUT2D eigenvalue weighted by Crippen LogP contribution is -2.03. The van der Waals surface area contributed by atoms with Gasteiger partial charge in [0.05, 0.1) is 6.16 Å². The third-order valence-corrected chi connectivity index (χ3v) is 3.69. The van der Waals surface area contributed by atoms with Crippen LogP contribution in [0.15, 0.2) is 0 Å². The molecule has 0 rings (SSSR count). The molecule has 86 valence electrons. The molecule has 0 amide bonds. The Hall–Kier alpha value is 0.300. The zero-order chi connectivity index (χ0) is 11.4. The van der Waals surface area contributed by atoms with E-state index in [1.54, 1.807) is 6.92 Å². The van der Waals surface area contributed by atoms with E-state index in [1.807, 2.05) is 0 Å². The van der Waals surface area contributed by atoms with Crippen LogP contribution in [0.5, 0.6) is 0 Å². The minimum atomic E-state index is -4.00. The molecule has 0 aliphatic carbocycles. The number of hydrogen-bond donors (Lipinski definition) is 4. The SMILES string of the molecule is CC(CCCP(=O)(O)O)CP(=O)(O)O. The molecule has 0 aliphatic rings. The standard InChI is InChI=1S/C6H16O6P2/c1-6(5-14(10,11)12)3-2-4-13(7,8)9/h6H,2-5H2,1H3,(H2,7,8,9)(H2,10,11,12). The van der Waals surface area contributed by atoms with Crippen LogP contribution in [0.2, 0.25) is 0 Å². The lowest BCUT2D eigenvalue weighted by Gasteiger charge is -2.12. The first kappa shape index (κ1) is 14.3. The van der Waals surface area contributed by atoms with Crippen LogP contribution in [-0.2, 0) is 9.13 Å². The Morgan fingerprint density at radius 1 is 1.07 bits per heavy atom. The highest BCUT2D eigenvalue weighted by Crippen LogP contribution is 2.39. The van der Waals surface area contributed by atoms with Gasteiger partial charge in [0.2, 0.25) is 0 Å². The molecule has 0 aliphatic heterocycles. The third kappa shape index (κ3) is 10.4. The highest BCUT2D eigenvalue weighted by Gasteiger charge is 2.19. The molecule has 0 bridgehead atoms. The molecule has 0 aromatic heterocycles. The van der Waals surface area contributed by atoms with Crippen molar-refractivity contribution in [2.45, 2.75) is 19.8 Å². The Kier molecular flexibility index (Phi) is 5.52. The molecule has 1 unspecified atom stereocenters. The molecule has 0 fully saturated rings. The van der Waals surface area contributed by atoms with Crippen LogP contribution >= 0.6 is 15.2 Å². The molecule has 8 heteroatoms. The van der Waals surface area contributed by atoms with E-state index in [-0.39, 0.29) is 24.7 Å². The van der Waals surface area contributed by atoms with E-state index in [9.17, 15) is 9.13 Å². The predicted molar refractivity (Wildman–Crippen MR) is 52.2 cm³/mol. The highest BCUT2D eigenvalue weighted by molar-refractivity contribution is 7.52. The van der Waals surface area contributed by atoms with Gasteiger partial charge in [0.25, 0.3) is 0 Å². The maximum Gasteiger partial charge on any atom is 0.325 e. The van der Waals surface area contributed by atoms with Crippen molar-refractivity contribution in [1.82, 2.24) is 0 Å². The zero-order valence-corrected chi connectivity index (χ0v) is 9.69. The van der Waals surface area contributed by atoms with Gasteiger partial charge in [-0.25, -0.2) is 0 Å².